The summed E-state index contributed by atoms with van der Waals surface area (Å²) in [7, 11) is 1.58. The lowest BCUT2D eigenvalue weighted by Gasteiger charge is -2.12. The topological polar surface area (TPSA) is 94.4 Å². The number of ether oxygens (including phenoxy) is 1. The van der Waals surface area contributed by atoms with Crippen LogP contribution in [0.5, 0.6) is 5.75 Å². The SMILES string of the molecule is COc1ccccc1C(O)c1cc2c(N)nc(-c3ccc(C)o3)nc2s1. The van der Waals surface area contributed by atoms with Crippen molar-refractivity contribution in [3.63, 3.8) is 0 Å². The second-order valence-corrected chi connectivity index (χ2v) is 6.92. The third-order valence-corrected chi connectivity index (χ3v) is 5.19. The molecule has 0 radical (unpaired) electrons. The normalized spacial score (nSPS) is 12.4. The lowest BCUT2D eigenvalue weighted by molar-refractivity contribution is 0.218. The van der Waals surface area contributed by atoms with Crippen molar-refractivity contribution < 1.29 is 14.3 Å². The summed E-state index contributed by atoms with van der Waals surface area (Å²) in [5, 5.41) is 11.5. The number of aromatic nitrogens is 2. The molecule has 0 spiro atoms. The van der Waals surface area contributed by atoms with Gasteiger partial charge in [0, 0.05) is 10.4 Å². The highest BCUT2D eigenvalue weighted by molar-refractivity contribution is 7.18. The number of nitrogens with two attached hydrogens (primary N) is 1. The summed E-state index contributed by atoms with van der Waals surface area (Å²) >= 11 is 1.37. The molecule has 3 N–H and O–H groups in total. The Morgan fingerprint density at radius 2 is 2.00 bits per heavy atom. The number of fused-ring (bicyclic) bond motifs is 1. The fraction of sp³-hybridized carbons (Fsp3) is 0.158. The van der Waals surface area contributed by atoms with Crippen LogP contribution in [0.4, 0.5) is 5.82 Å². The number of methoxy groups -OCH3 is 1. The van der Waals surface area contributed by atoms with Crippen LogP contribution in [0.15, 0.2) is 46.9 Å². The standard InChI is InChI=1S/C19H17N3O3S/c1-10-7-8-14(25-10)18-21-17(20)12-9-15(26-19(12)22-18)16(23)11-5-3-4-6-13(11)24-2/h3-9,16,23H,1-2H3,(H2,20,21,22). The third kappa shape index (κ3) is 2.81. The maximum Gasteiger partial charge on any atom is 0.199 e. The van der Waals surface area contributed by atoms with E-state index in [1.807, 2.05) is 49.4 Å². The van der Waals surface area contributed by atoms with E-state index >= 15 is 0 Å². The molecule has 0 saturated heterocycles. The van der Waals surface area contributed by atoms with E-state index in [1.165, 1.54) is 11.3 Å². The highest BCUT2D eigenvalue weighted by atomic mass is 32.1. The van der Waals surface area contributed by atoms with Gasteiger partial charge in [-0.15, -0.1) is 11.3 Å². The molecule has 4 aromatic rings. The Hall–Kier alpha value is -2.90. The average Bonchev–Trinajstić information content (AvgIpc) is 3.27. The van der Waals surface area contributed by atoms with E-state index in [1.54, 1.807) is 7.11 Å². The molecule has 3 aromatic heterocycles. The fourth-order valence-corrected chi connectivity index (χ4v) is 3.85. The second-order valence-electron chi connectivity index (χ2n) is 5.85. The average molecular weight is 367 g/mol. The highest BCUT2D eigenvalue weighted by Crippen LogP contribution is 2.37. The van der Waals surface area contributed by atoms with E-state index in [2.05, 4.69) is 9.97 Å². The van der Waals surface area contributed by atoms with Gasteiger partial charge >= 0.3 is 0 Å². The second kappa shape index (κ2) is 6.44. The van der Waals surface area contributed by atoms with Crippen LogP contribution in [0.2, 0.25) is 0 Å². The largest absolute Gasteiger partial charge is 0.496 e. The number of nitrogens with zero attached hydrogens (tertiary/aromatic N) is 2. The van der Waals surface area contributed by atoms with Crippen LogP contribution < -0.4 is 10.5 Å². The smallest absolute Gasteiger partial charge is 0.199 e. The number of nitrogen functional groups attached to an aromatic ring is 1. The minimum Gasteiger partial charge on any atom is -0.496 e. The van der Waals surface area contributed by atoms with Crippen molar-refractivity contribution in [1.82, 2.24) is 9.97 Å². The van der Waals surface area contributed by atoms with Crippen LogP contribution >= 0.6 is 11.3 Å². The van der Waals surface area contributed by atoms with E-state index in [9.17, 15) is 5.11 Å². The number of anilines is 1. The molecule has 0 fully saturated rings. The number of thiophene rings is 1. The number of benzene rings is 1. The van der Waals surface area contributed by atoms with Crippen LogP contribution in [0.1, 0.15) is 22.3 Å². The zero-order valence-electron chi connectivity index (χ0n) is 14.3. The Morgan fingerprint density at radius 3 is 2.73 bits per heavy atom. The summed E-state index contributed by atoms with van der Waals surface area (Å²) in [6, 6.07) is 12.9. The van der Waals surface area contributed by atoms with E-state index in [-0.39, 0.29) is 0 Å². The van der Waals surface area contributed by atoms with Gasteiger partial charge in [0.15, 0.2) is 11.6 Å². The number of aryl methyl sites for hydroxylation is 1. The Balaban J connectivity index is 1.79. The summed E-state index contributed by atoms with van der Waals surface area (Å²) in [6.07, 6.45) is -0.834. The van der Waals surface area contributed by atoms with Gasteiger partial charge in [0.25, 0.3) is 0 Å². The van der Waals surface area contributed by atoms with E-state index < -0.39 is 6.10 Å². The molecule has 1 unspecified atom stereocenters. The molecule has 0 aliphatic rings. The zero-order chi connectivity index (χ0) is 18.3. The van der Waals surface area contributed by atoms with Gasteiger partial charge < -0.3 is 20.0 Å². The minimum atomic E-state index is -0.834. The Labute approximate surface area is 153 Å². The molecule has 1 atom stereocenters. The number of furan rings is 1. The van der Waals surface area contributed by atoms with Gasteiger partial charge in [0.05, 0.1) is 12.5 Å². The molecule has 6 nitrogen and oxygen atoms in total. The lowest BCUT2D eigenvalue weighted by Crippen LogP contribution is -2.00. The van der Waals surface area contributed by atoms with Crippen LogP contribution in [-0.2, 0) is 0 Å². The van der Waals surface area contributed by atoms with E-state index in [0.29, 0.717) is 38.9 Å². The van der Waals surface area contributed by atoms with Gasteiger partial charge in [-0.05, 0) is 31.2 Å². The van der Waals surface area contributed by atoms with Crippen molar-refractivity contribution in [1.29, 1.82) is 0 Å². The maximum absolute atomic E-state index is 10.8. The van der Waals surface area contributed by atoms with Gasteiger partial charge in [0.2, 0.25) is 0 Å². The maximum atomic E-state index is 10.8. The van der Waals surface area contributed by atoms with Crippen LogP contribution in [-0.4, -0.2) is 22.2 Å². The quantitative estimate of drug-likeness (QED) is 0.567. The van der Waals surface area contributed by atoms with E-state index in [0.717, 1.165) is 10.6 Å². The molecular weight excluding hydrogens is 350 g/mol. The first kappa shape index (κ1) is 16.6. The molecule has 0 amide bonds. The third-order valence-electron chi connectivity index (χ3n) is 4.11. The van der Waals surface area contributed by atoms with Crippen molar-refractivity contribution in [3.05, 3.63) is 58.7 Å². The first-order valence-corrected chi connectivity index (χ1v) is 8.83. The zero-order valence-corrected chi connectivity index (χ0v) is 15.1. The van der Waals surface area contributed by atoms with Crippen LogP contribution in [0.3, 0.4) is 0 Å². The van der Waals surface area contributed by atoms with Crippen molar-refractivity contribution in [2.75, 3.05) is 12.8 Å². The molecular formula is C19H17N3O3S. The van der Waals surface area contributed by atoms with Crippen LogP contribution in [0.25, 0.3) is 21.8 Å². The molecule has 7 heteroatoms. The Bertz CT molecular complexity index is 1090. The van der Waals surface area contributed by atoms with E-state index in [4.69, 9.17) is 14.9 Å². The van der Waals surface area contributed by atoms with Gasteiger partial charge in [-0.2, -0.15) is 0 Å². The number of rotatable bonds is 4. The first-order chi connectivity index (χ1) is 12.6. The number of hydrogen-bond acceptors (Lipinski definition) is 7. The first-order valence-electron chi connectivity index (χ1n) is 8.01. The van der Waals surface area contributed by atoms with Gasteiger partial charge in [0.1, 0.15) is 28.3 Å². The van der Waals surface area contributed by atoms with Gasteiger partial charge in [-0.25, -0.2) is 9.97 Å². The molecule has 0 bridgehead atoms. The monoisotopic (exact) mass is 367 g/mol. The summed E-state index contributed by atoms with van der Waals surface area (Å²) in [5.41, 5.74) is 6.81. The molecule has 0 aliphatic heterocycles. The molecule has 132 valence electrons. The number of aliphatic hydroxyl groups is 1. The molecule has 0 aliphatic carbocycles. The lowest BCUT2D eigenvalue weighted by atomic mass is 10.1. The van der Waals surface area contributed by atoms with Gasteiger partial charge in [-0.3, -0.25) is 0 Å². The number of hydrogen-bond donors (Lipinski definition) is 2. The predicted octanol–water partition coefficient (Wildman–Crippen LogP) is 3.93. The van der Waals surface area contributed by atoms with Crippen molar-refractivity contribution in [3.8, 4) is 17.3 Å². The van der Waals surface area contributed by atoms with Crippen LogP contribution in [0, 0.1) is 6.92 Å². The summed E-state index contributed by atoms with van der Waals surface area (Å²) in [4.78, 5) is 10.3. The summed E-state index contributed by atoms with van der Waals surface area (Å²) < 4.78 is 10.9. The minimum absolute atomic E-state index is 0.355. The number of aliphatic hydroxyl groups excluding tert-OH is 1. The van der Waals surface area contributed by atoms with Crippen molar-refractivity contribution in [2.45, 2.75) is 13.0 Å². The Kier molecular flexibility index (Phi) is 4.10. The fourth-order valence-electron chi connectivity index (χ4n) is 2.81. The van der Waals surface area contributed by atoms with Crippen molar-refractivity contribution in [2.24, 2.45) is 0 Å². The van der Waals surface area contributed by atoms with Crippen molar-refractivity contribution >= 4 is 27.4 Å². The molecule has 3 heterocycles. The molecule has 4 rings (SSSR count). The Morgan fingerprint density at radius 1 is 1.19 bits per heavy atom. The van der Waals surface area contributed by atoms with Gasteiger partial charge in [-0.1, -0.05) is 18.2 Å². The predicted molar refractivity (Wildman–Crippen MR) is 101 cm³/mol. The highest BCUT2D eigenvalue weighted by Gasteiger charge is 2.20. The number of para-hydroxylation sites is 1. The summed E-state index contributed by atoms with van der Waals surface area (Å²) in [6.45, 7) is 1.86. The molecule has 1 aromatic carbocycles. The molecule has 26 heavy (non-hydrogen) atoms. The molecule has 0 saturated carbocycles. The summed E-state index contributed by atoms with van der Waals surface area (Å²) in [5.74, 6) is 2.76.